The lowest BCUT2D eigenvalue weighted by atomic mass is 9.93. The summed E-state index contributed by atoms with van der Waals surface area (Å²) in [4.78, 5) is 24.7. The molecule has 6 N–H and O–H groups in total. The fraction of sp³-hybridized carbons (Fsp3) is 0.143. The predicted octanol–water partition coefficient (Wildman–Crippen LogP) is 2.64. The maximum atomic E-state index is 11.7. The zero-order valence-electron chi connectivity index (χ0n) is 15.3. The molecule has 2 amide bonds. The van der Waals surface area contributed by atoms with Crippen molar-refractivity contribution in [2.24, 2.45) is 11.5 Å². The molecule has 1 aliphatic rings. The molecule has 0 atom stereocenters. The van der Waals surface area contributed by atoms with Crippen LogP contribution >= 0.6 is 0 Å². The molecule has 6 nitrogen and oxygen atoms in total. The van der Waals surface area contributed by atoms with Crippen molar-refractivity contribution in [3.8, 4) is 11.1 Å². The number of hydrogen-bond acceptors (Lipinski definition) is 3. The molecule has 3 aromatic rings. The number of aryl methyl sites for hydroxylation is 2. The second kappa shape index (κ2) is 7.47. The summed E-state index contributed by atoms with van der Waals surface area (Å²) < 4.78 is 0. The lowest BCUT2D eigenvalue weighted by Gasteiger charge is -2.11. The predicted molar refractivity (Wildman–Crippen MR) is 107 cm³/mol. The lowest BCUT2D eigenvalue weighted by Crippen LogP contribution is -2.22. The molecule has 0 spiro atoms. The molecule has 0 saturated carbocycles. The molecule has 6 heteroatoms. The Morgan fingerprint density at radius 3 is 2.30 bits per heavy atom. The monoisotopic (exact) mass is 362 g/mol. The number of carbonyl (C=O) groups excluding carboxylic acids is 2. The van der Waals surface area contributed by atoms with E-state index in [1.807, 2.05) is 38.1 Å². The van der Waals surface area contributed by atoms with E-state index >= 15 is 0 Å². The number of nitrogens with one attached hydrogen (secondary N) is 2. The van der Waals surface area contributed by atoms with E-state index in [0.717, 1.165) is 38.9 Å². The summed E-state index contributed by atoms with van der Waals surface area (Å²) in [6.07, 6.45) is 3.07. The van der Waals surface area contributed by atoms with E-state index in [4.69, 9.17) is 11.5 Å². The van der Waals surface area contributed by atoms with Crippen LogP contribution in [0.25, 0.3) is 22.0 Å². The number of primary amides is 1. The van der Waals surface area contributed by atoms with Crippen molar-refractivity contribution in [1.29, 1.82) is 0 Å². The third kappa shape index (κ3) is 3.47. The summed E-state index contributed by atoms with van der Waals surface area (Å²) in [5, 5.41) is 3.43. The van der Waals surface area contributed by atoms with Gasteiger partial charge in [0.1, 0.15) is 0 Å². The maximum Gasteiger partial charge on any atom is 0.250 e. The summed E-state index contributed by atoms with van der Waals surface area (Å²) in [7, 11) is 0. The fourth-order valence-corrected chi connectivity index (χ4v) is 3.13. The Labute approximate surface area is 157 Å². The van der Waals surface area contributed by atoms with Crippen molar-refractivity contribution in [3.63, 3.8) is 0 Å². The van der Waals surface area contributed by atoms with Crippen molar-refractivity contribution in [2.45, 2.75) is 20.4 Å². The summed E-state index contributed by atoms with van der Waals surface area (Å²) in [5.41, 5.74) is 18.1. The van der Waals surface area contributed by atoms with Gasteiger partial charge in [0.25, 0.3) is 5.91 Å². The molecule has 0 bridgehead atoms. The third-order valence-electron chi connectivity index (χ3n) is 4.71. The number of nitrogens with two attached hydrogens (primary N) is 2. The highest BCUT2D eigenvalue weighted by molar-refractivity contribution is 6.10. The lowest BCUT2D eigenvalue weighted by molar-refractivity contribution is -0.117. The Hall–Kier alpha value is -3.38. The molecule has 0 radical (unpaired) electrons. The normalized spacial score (nSPS) is 12.2. The Bertz CT molecular complexity index is 1060. The summed E-state index contributed by atoms with van der Waals surface area (Å²) in [6, 6.07) is 11.8. The maximum absolute atomic E-state index is 11.7. The highest BCUT2D eigenvalue weighted by atomic mass is 16.2. The van der Waals surface area contributed by atoms with Crippen LogP contribution in [-0.2, 0) is 11.3 Å². The van der Waals surface area contributed by atoms with Crippen LogP contribution in [0.1, 0.15) is 27.2 Å². The molecule has 0 aliphatic carbocycles. The van der Waals surface area contributed by atoms with Gasteiger partial charge in [0.15, 0.2) is 0 Å². The minimum absolute atomic E-state index is 0.00463. The van der Waals surface area contributed by atoms with Crippen LogP contribution in [0.3, 0.4) is 0 Å². The first-order valence-electron chi connectivity index (χ1n) is 8.61. The first-order chi connectivity index (χ1) is 12.9. The second-order valence-electron chi connectivity index (χ2n) is 6.35. The number of H-pyrrole nitrogens is 1. The van der Waals surface area contributed by atoms with Gasteiger partial charge in [-0.1, -0.05) is 30.3 Å². The number of benzene rings is 2. The summed E-state index contributed by atoms with van der Waals surface area (Å²) in [5.74, 6) is -0.421. The van der Waals surface area contributed by atoms with Crippen molar-refractivity contribution < 1.29 is 9.59 Å². The van der Waals surface area contributed by atoms with Crippen LogP contribution in [-0.4, -0.2) is 16.8 Å². The van der Waals surface area contributed by atoms with Crippen LogP contribution in [0.2, 0.25) is 0 Å². The third-order valence-corrected chi connectivity index (χ3v) is 4.71. The van der Waals surface area contributed by atoms with E-state index in [-0.39, 0.29) is 5.91 Å². The van der Waals surface area contributed by atoms with Crippen LogP contribution in [0, 0.1) is 13.8 Å². The van der Waals surface area contributed by atoms with Gasteiger partial charge in [0.05, 0.1) is 11.1 Å². The van der Waals surface area contributed by atoms with Gasteiger partial charge in [-0.05, 0) is 42.2 Å². The van der Waals surface area contributed by atoms with E-state index in [2.05, 4.69) is 16.4 Å². The topological polar surface area (TPSA) is 114 Å². The Morgan fingerprint density at radius 2 is 1.74 bits per heavy atom. The second-order valence-corrected chi connectivity index (χ2v) is 6.35. The zero-order chi connectivity index (χ0) is 19.6. The van der Waals surface area contributed by atoms with Gasteiger partial charge >= 0.3 is 0 Å². The molecule has 138 valence electrons. The number of aromatic nitrogens is 1. The molecule has 0 saturated heterocycles. The fourth-order valence-electron chi connectivity index (χ4n) is 3.13. The van der Waals surface area contributed by atoms with E-state index in [9.17, 15) is 9.59 Å². The van der Waals surface area contributed by atoms with Crippen molar-refractivity contribution >= 4 is 22.7 Å². The minimum atomic E-state index is -0.426. The average Bonchev–Trinajstić information content (AvgIpc) is 2.94. The standard InChI is InChI=1S/C18H19N3O.C3H3NO/c1-10-11(2)21-17-15(18(20)22)8-7-14(16(10)17)13-6-4-3-5-12(13)9-19;5-3-1-2-4-3/h3-8,21H,9,19H2,1-2H3,(H2,20,22);1-2H,(H,4,5). The van der Waals surface area contributed by atoms with Crippen LogP contribution in [0.4, 0.5) is 0 Å². The SMILES string of the molecule is Cc1[nH]c2c(C(N)=O)ccc(-c3ccccc3CN)c2c1C.O=C1C=CN1. The smallest absolute Gasteiger partial charge is 0.250 e. The molecule has 4 rings (SSSR count). The van der Waals surface area contributed by atoms with E-state index < -0.39 is 5.91 Å². The number of rotatable bonds is 3. The molecule has 2 aromatic carbocycles. The van der Waals surface area contributed by atoms with Crippen LogP contribution in [0.15, 0.2) is 48.7 Å². The Kier molecular flexibility index (Phi) is 5.09. The Morgan fingerprint density at radius 1 is 1.07 bits per heavy atom. The van der Waals surface area contributed by atoms with Gasteiger partial charge in [0.2, 0.25) is 5.91 Å². The van der Waals surface area contributed by atoms with Crippen molar-refractivity contribution in [1.82, 2.24) is 10.3 Å². The van der Waals surface area contributed by atoms with E-state index in [1.165, 1.54) is 6.08 Å². The first kappa shape index (κ1) is 18.4. The molecule has 1 aromatic heterocycles. The minimum Gasteiger partial charge on any atom is -0.366 e. The highest BCUT2D eigenvalue weighted by Crippen LogP contribution is 2.35. The molecular formula is C21H22N4O2. The first-order valence-corrected chi connectivity index (χ1v) is 8.61. The molecular weight excluding hydrogens is 340 g/mol. The number of amides is 2. The number of aromatic amines is 1. The largest absolute Gasteiger partial charge is 0.366 e. The van der Waals surface area contributed by atoms with Crippen LogP contribution in [0.5, 0.6) is 0 Å². The molecule has 0 unspecified atom stereocenters. The van der Waals surface area contributed by atoms with Gasteiger partial charge in [-0.2, -0.15) is 0 Å². The van der Waals surface area contributed by atoms with Gasteiger partial charge in [-0.25, -0.2) is 0 Å². The Balaban J connectivity index is 0.000000364. The number of fused-ring (bicyclic) bond motifs is 1. The summed E-state index contributed by atoms with van der Waals surface area (Å²) >= 11 is 0. The molecule has 0 fully saturated rings. The van der Waals surface area contributed by atoms with Gasteiger partial charge in [-0.3, -0.25) is 9.59 Å². The average molecular weight is 362 g/mol. The van der Waals surface area contributed by atoms with Crippen molar-refractivity contribution in [3.05, 3.63) is 71.1 Å². The number of hydrogen-bond donors (Lipinski definition) is 4. The molecule has 1 aliphatic heterocycles. The van der Waals surface area contributed by atoms with Gasteiger partial charge < -0.3 is 21.8 Å². The number of carbonyl (C=O) groups is 2. The quantitative estimate of drug-likeness (QED) is 0.574. The molecule has 2 heterocycles. The van der Waals surface area contributed by atoms with E-state index in [0.29, 0.717) is 12.1 Å². The molecule has 27 heavy (non-hydrogen) atoms. The van der Waals surface area contributed by atoms with Crippen molar-refractivity contribution in [2.75, 3.05) is 0 Å². The van der Waals surface area contributed by atoms with E-state index in [1.54, 1.807) is 12.3 Å². The summed E-state index contributed by atoms with van der Waals surface area (Å²) in [6.45, 7) is 4.52. The van der Waals surface area contributed by atoms with Crippen LogP contribution < -0.4 is 16.8 Å². The van der Waals surface area contributed by atoms with Gasteiger partial charge in [0, 0.05) is 29.9 Å². The zero-order valence-corrected chi connectivity index (χ0v) is 15.3. The van der Waals surface area contributed by atoms with Gasteiger partial charge in [-0.15, -0.1) is 0 Å². The highest BCUT2D eigenvalue weighted by Gasteiger charge is 2.17.